The molecule has 1 aromatic rings. The van der Waals surface area contributed by atoms with Crippen LogP contribution < -0.4 is 0 Å². The fourth-order valence-corrected chi connectivity index (χ4v) is 0.929. The lowest BCUT2D eigenvalue weighted by molar-refractivity contribution is 0.106. The first-order valence-corrected chi connectivity index (χ1v) is 4.02. The quantitative estimate of drug-likeness (QED) is 0.627. The number of aryl methyl sites for hydroxylation is 1. The zero-order valence-electron chi connectivity index (χ0n) is 7.22. The Morgan fingerprint density at radius 2 is 1.92 bits per heavy atom. The maximum absolute atomic E-state index is 11.6. The van der Waals surface area contributed by atoms with Gasteiger partial charge in [-0.3, -0.25) is 0 Å². The molecule has 0 saturated carbocycles. The SMILES string of the molecule is Cc1ccc(COCCF)cc1. The molecule has 12 heavy (non-hydrogen) atoms. The number of hydrogen-bond donors (Lipinski definition) is 0. The van der Waals surface area contributed by atoms with Crippen LogP contribution in [0.25, 0.3) is 0 Å². The van der Waals surface area contributed by atoms with Crippen molar-refractivity contribution in [3.05, 3.63) is 35.4 Å². The highest BCUT2D eigenvalue weighted by atomic mass is 19.1. The third-order valence-corrected chi connectivity index (χ3v) is 1.61. The Balaban J connectivity index is 2.37. The van der Waals surface area contributed by atoms with Crippen LogP contribution in [0.3, 0.4) is 0 Å². The standard InChI is InChI=1S/C10H13FO/c1-9-2-4-10(5-3-9)8-12-7-6-11/h2-5H,6-8H2,1H3. The summed E-state index contributed by atoms with van der Waals surface area (Å²) in [6, 6.07) is 8.03. The first-order chi connectivity index (χ1) is 5.83. The molecule has 0 spiro atoms. The smallest absolute Gasteiger partial charge is 0.113 e. The van der Waals surface area contributed by atoms with E-state index in [1.807, 2.05) is 31.2 Å². The maximum atomic E-state index is 11.6. The van der Waals surface area contributed by atoms with Crippen LogP contribution >= 0.6 is 0 Å². The van der Waals surface area contributed by atoms with Gasteiger partial charge in [0.05, 0.1) is 13.2 Å². The zero-order valence-corrected chi connectivity index (χ0v) is 7.22. The number of halogens is 1. The molecule has 0 N–H and O–H groups in total. The average Bonchev–Trinajstić information content (AvgIpc) is 2.09. The van der Waals surface area contributed by atoms with Gasteiger partial charge in [0, 0.05) is 0 Å². The molecule has 0 radical (unpaired) electrons. The van der Waals surface area contributed by atoms with Gasteiger partial charge in [0.1, 0.15) is 6.67 Å². The minimum Gasteiger partial charge on any atom is -0.374 e. The van der Waals surface area contributed by atoms with Crippen LogP contribution in [0.2, 0.25) is 0 Å². The highest BCUT2D eigenvalue weighted by molar-refractivity contribution is 5.20. The van der Waals surface area contributed by atoms with Crippen LogP contribution in [0.15, 0.2) is 24.3 Å². The van der Waals surface area contributed by atoms with Crippen molar-refractivity contribution in [1.29, 1.82) is 0 Å². The summed E-state index contributed by atoms with van der Waals surface area (Å²) in [6.45, 7) is 2.32. The largest absolute Gasteiger partial charge is 0.374 e. The van der Waals surface area contributed by atoms with Crippen molar-refractivity contribution in [2.24, 2.45) is 0 Å². The summed E-state index contributed by atoms with van der Waals surface area (Å²) in [5.41, 5.74) is 2.32. The number of rotatable bonds is 4. The Bertz CT molecular complexity index is 218. The molecule has 0 atom stereocenters. The molecule has 0 aliphatic heterocycles. The van der Waals surface area contributed by atoms with E-state index in [-0.39, 0.29) is 6.61 Å². The summed E-state index contributed by atoms with van der Waals surface area (Å²) in [4.78, 5) is 0. The van der Waals surface area contributed by atoms with Crippen LogP contribution in [-0.2, 0) is 11.3 Å². The predicted octanol–water partition coefficient (Wildman–Crippen LogP) is 2.48. The van der Waals surface area contributed by atoms with Crippen molar-refractivity contribution >= 4 is 0 Å². The Labute approximate surface area is 72.2 Å². The van der Waals surface area contributed by atoms with Crippen LogP contribution in [0.1, 0.15) is 11.1 Å². The molecule has 0 aliphatic rings. The Morgan fingerprint density at radius 3 is 2.50 bits per heavy atom. The predicted molar refractivity (Wildman–Crippen MR) is 46.8 cm³/mol. The number of hydrogen-bond acceptors (Lipinski definition) is 1. The van der Waals surface area contributed by atoms with Gasteiger partial charge in [-0.2, -0.15) is 0 Å². The maximum Gasteiger partial charge on any atom is 0.113 e. The second-order valence-electron chi connectivity index (χ2n) is 2.73. The topological polar surface area (TPSA) is 9.23 Å². The van der Waals surface area contributed by atoms with E-state index in [1.165, 1.54) is 5.56 Å². The molecular formula is C10H13FO. The first kappa shape index (κ1) is 9.20. The van der Waals surface area contributed by atoms with Crippen molar-refractivity contribution in [2.45, 2.75) is 13.5 Å². The van der Waals surface area contributed by atoms with Gasteiger partial charge < -0.3 is 4.74 Å². The average molecular weight is 168 g/mol. The summed E-state index contributed by atoms with van der Waals surface area (Å²) in [6.07, 6.45) is 0. The molecule has 0 bridgehead atoms. The summed E-state index contributed by atoms with van der Waals surface area (Å²) in [7, 11) is 0. The fraction of sp³-hybridized carbons (Fsp3) is 0.400. The van der Waals surface area contributed by atoms with Gasteiger partial charge in [0.25, 0.3) is 0 Å². The minimum atomic E-state index is -0.411. The van der Waals surface area contributed by atoms with Crippen molar-refractivity contribution in [1.82, 2.24) is 0 Å². The molecule has 0 aromatic heterocycles. The van der Waals surface area contributed by atoms with E-state index in [0.29, 0.717) is 6.61 Å². The summed E-state index contributed by atoms with van der Waals surface area (Å²) < 4.78 is 16.7. The van der Waals surface area contributed by atoms with E-state index in [9.17, 15) is 4.39 Å². The van der Waals surface area contributed by atoms with Crippen LogP contribution in [0, 0.1) is 6.92 Å². The molecule has 0 unspecified atom stereocenters. The molecule has 0 amide bonds. The molecule has 1 nitrogen and oxygen atoms in total. The van der Waals surface area contributed by atoms with Crippen LogP contribution in [0.4, 0.5) is 4.39 Å². The van der Waals surface area contributed by atoms with E-state index in [2.05, 4.69) is 0 Å². The van der Waals surface area contributed by atoms with E-state index >= 15 is 0 Å². The Morgan fingerprint density at radius 1 is 1.25 bits per heavy atom. The lowest BCUT2D eigenvalue weighted by atomic mass is 10.2. The van der Waals surface area contributed by atoms with E-state index in [1.54, 1.807) is 0 Å². The second-order valence-corrected chi connectivity index (χ2v) is 2.73. The first-order valence-electron chi connectivity index (χ1n) is 4.02. The lowest BCUT2D eigenvalue weighted by Gasteiger charge is -2.01. The van der Waals surface area contributed by atoms with Gasteiger partial charge in [-0.25, -0.2) is 4.39 Å². The van der Waals surface area contributed by atoms with Gasteiger partial charge in [-0.15, -0.1) is 0 Å². The van der Waals surface area contributed by atoms with Gasteiger partial charge in [0.15, 0.2) is 0 Å². The third-order valence-electron chi connectivity index (χ3n) is 1.61. The van der Waals surface area contributed by atoms with Crippen LogP contribution in [0.5, 0.6) is 0 Å². The minimum absolute atomic E-state index is 0.188. The van der Waals surface area contributed by atoms with E-state index < -0.39 is 6.67 Å². The van der Waals surface area contributed by atoms with E-state index in [0.717, 1.165) is 5.56 Å². The van der Waals surface area contributed by atoms with Crippen molar-refractivity contribution < 1.29 is 9.13 Å². The summed E-state index contributed by atoms with van der Waals surface area (Å²) in [5.74, 6) is 0. The normalized spacial score (nSPS) is 10.2. The highest BCUT2D eigenvalue weighted by Crippen LogP contribution is 2.03. The summed E-state index contributed by atoms with van der Waals surface area (Å²) in [5, 5.41) is 0. The summed E-state index contributed by atoms with van der Waals surface area (Å²) >= 11 is 0. The van der Waals surface area contributed by atoms with Crippen molar-refractivity contribution in [3.63, 3.8) is 0 Å². The van der Waals surface area contributed by atoms with Gasteiger partial charge in [0.2, 0.25) is 0 Å². The van der Waals surface area contributed by atoms with Gasteiger partial charge >= 0.3 is 0 Å². The van der Waals surface area contributed by atoms with Crippen molar-refractivity contribution in [2.75, 3.05) is 13.3 Å². The molecule has 0 fully saturated rings. The second kappa shape index (κ2) is 4.88. The fourth-order valence-electron chi connectivity index (χ4n) is 0.929. The molecular weight excluding hydrogens is 155 g/mol. The molecule has 0 heterocycles. The Hall–Kier alpha value is -0.890. The van der Waals surface area contributed by atoms with Crippen molar-refractivity contribution in [3.8, 4) is 0 Å². The zero-order chi connectivity index (χ0) is 8.81. The molecule has 0 aliphatic carbocycles. The van der Waals surface area contributed by atoms with E-state index in [4.69, 9.17) is 4.74 Å². The third kappa shape index (κ3) is 3.01. The molecule has 1 rings (SSSR count). The molecule has 1 aromatic carbocycles. The number of benzene rings is 1. The molecule has 2 heteroatoms. The number of alkyl halides is 1. The highest BCUT2D eigenvalue weighted by Gasteiger charge is 1.91. The monoisotopic (exact) mass is 168 g/mol. The number of ether oxygens (including phenoxy) is 1. The van der Waals surface area contributed by atoms with Gasteiger partial charge in [-0.05, 0) is 12.5 Å². The van der Waals surface area contributed by atoms with Crippen LogP contribution in [-0.4, -0.2) is 13.3 Å². The van der Waals surface area contributed by atoms with Gasteiger partial charge in [-0.1, -0.05) is 29.8 Å². The Kier molecular flexibility index (Phi) is 3.74. The lowest BCUT2D eigenvalue weighted by Crippen LogP contribution is -1.96. The molecule has 0 saturated heterocycles. The molecule has 66 valence electrons.